The maximum Gasteiger partial charge on any atom is 0.183 e. The molecule has 0 fully saturated rings. The molecule has 5 rings (SSSR count). The van der Waals surface area contributed by atoms with Crippen molar-refractivity contribution in [1.29, 1.82) is 0 Å². The van der Waals surface area contributed by atoms with Gasteiger partial charge in [-0.1, -0.05) is 62.4 Å². The Morgan fingerprint density at radius 2 is 1.79 bits per heavy atom. The van der Waals surface area contributed by atoms with Crippen molar-refractivity contribution < 1.29 is 18.7 Å². The summed E-state index contributed by atoms with van der Waals surface area (Å²) in [6.45, 7) is 8.08. The zero-order valence-corrected chi connectivity index (χ0v) is 19.0. The van der Waals surface area contributed by atoms with E-state index in [4.69, 9.17) is 14.3 Å². The van der Waals surface area contributed by atoms with Crippen molar-refractivity contribution in [2.45, 2.75) is 33.1 Å². The number of nitrogens with zero attached hydrogens (tertiary/aromatic N) is 1. The van der Waals surface area contributed by atoms with Gasteiger partial charge in [0.15, 0.2) is 17.3 Å². The molecule has 4 nitrogen and oxygen atoms in total. The van der Waals surface area contributed by atoms with Gasteiger partial charge in [-0.25, -0.2) is 4.39 Å². The zero-order valence-electron chi connectivity index (χ0n) is 19.0. The maximum absolute atomic E-state index is 15.1. The number of hydrogen-bond donors (Lipinski definition) is 0. The SMILES string of the molecule is C=O.C=O.CC/C=C\CC1=CN2C3=C(C1)C(C)C(F)=C3Oc1cc(-c3ccccc3)ccc12. The molecule has 0 aromatic heterocycles. The summed E-state index contributed by atoms with van der Waals surface area (Å²) in [5, 5.41) is 0. The van der Waals surface area contributed by atoms with Gasteiger partial charge in [0.05, 0.1) is 11.4 Å². The van der Waals surface area contributed by atoms with Crippen LogP contribution in [0.3, 0.4) is 0 Å². The lowest BCUT2D eigenvalue weighted by Crippen LogP contribution is -2.27. The molecule has 0 radical (unpaired) electrons. The monoisotopic (exact) mass is 445 g/mol. The lowest BCUT2D eigenvalue weighted by molar-refractivity contribution is -0.0987. The van der Waals surface area contributed by atoms with E-state index in [1.807, 2.05) is 44.8 Å². The van der Waals surface area contributed by atoms with Crippen LogP contribution in [0.5, 0.6) is 5.75 Å². The molecule has 2 aromatic carbocycles. The van der Waals surface area contributed by atoms with E-state index in [9.17, 15) is 0 Å². The van der Waals surface area contributed by atoms with Crippen LogP contribution in [0.1, 0.15) is 33.1 Å². The standard InChI is InChI=1S/C26H24FNO.2CH2O/c1-3-4-6-9-18-14-21-17(2)24(27)26-25(21)28(16-18)22-13-12-20(15-23(22)29-26)19-10-7-5-8-11-19;2*1-2/h4-8,10-13,15-17H,3,9,14H2,1-2H3;2*1H2/b6-4-;;. The highest BCUT2D eigenvalue weighted by atomic mass is 19.1. The lowest BCUT2D eigenvalue weighted by Gasteiger charge is -2.35. The van der Waals surface area contributed by atoms with E-state index in [2.05, 4.69) is 54.4 Å². The number of hydrogen-bond acceptors (Lipinski definition) is 4. The molecule has 33 heavy (non-hydrogen) atoms. The largest absolute Gasteiger partial charge is 0.450 e. The van der Waals surface area contributed by atoms with Crippen molar-refractivity contribution in [3.8, 4) is 16.9 Å². The van der Waals surface area contributed by atoms with Gasteiger partial charge in [0.1, 0.15) is 13.6 Å². The molecule has 2 aromatic rings. The predicted octanol–water partition coefficient (Wildman–Crippen LogP) is 6.91. The van der Waals surface area contributed by atoms with E-state index in [0.29, 0.717) is 11.5 Å². The average Bonchev–Trinajstić information content (AvgIpc) is 3.12. The fraction of sp³-hybridized carbons (Fsp3) is 0.214. The van der Waals surface area contributed by atoms with Crippen LogP contribution in [0.2, 0.25) is 0 Å². The average molecular weight is 446 g/mol. The van der Waals surface area contributed by atoms with Crippen molar-refractivity contribution >= 4 is 19.3 Å². The van der Waals surface area contributed by atoms with Gasteiger partial charge in [0.25, 0.3) is 0 Å². The predicted molar refractivity (Wildman–Crippen MR) is 130 cm³/mol. The zero-order chi connectivity index (χ0) is 24.0. The first-order valence-corrected chi connectivity index (χ1v) is 10.9. The quantitative estimate of drug-likeness (QED) is 0.480. The molecule has 170 valence electrons. The van der Waals surface area contributed by atoms with Gasteiger partial charge in [0, 0.05) is 12.1 Å². The molecular weight excluding hydrogens is 417 g/mol. The third kappa shape index (κ3) is 4.44. The minimum Gasteiger partial charge on any atom is -0.450 e. The Kier molecular flexibility index (Phi) is 7.78. The van der Waals surface area contributed by atoms with Crippen LogP contribution in [-0.4, -0.2) is 13.6 Å². The summed E-state index contributed by atoms with van der Waals surface area (Å²) >= 11 is 0. The summed E-state index contributed by atoms with van der Waals surface area (Å²) < 4.78 is 21.2. The third-order valence-electron chi connectivity index (χ3n) is 5.93. The van der Waals surface area contributed by atoms with E-state index in [0.717, 1.165) is 47.3 Å². The number of rotatable bonds is 4. The Hall–Kier alpha value is -3.73. The van der Waals surface area contributed by atoms with E-state index in [1.165, 1.54) is 5.57 Å². The van der Waals surface area contributed by atoms with Crippen molar-refractivity contribution in [3.05, 3.63) is 95.3 Å². The van der Waals surface area contributed by atoms with Crippen LogP contribution in [0, 0.1) is 5.92 Å². The van der Waals surface area contributed by atoms with Crippen LogP contribution in [0.4, 0.5) is 10.1 Å². The highest BCUT2D eigenvalue weighted by Crippen LogP contribution is 2.52. The topological polar surface area (TPSA) is 46.6 Å². The first kappa shape index (κ1) is 23.9. The highest BCUT2D eigenvalue weighted by molar-refractivity contribution is 5.79. The first-order valence-electron chi connectivity index (χ1n) is 10.9. The van der Waals surface area contributed by atoms with E-state index in [-0.39, 0.29) is 11.7 Å². The second-order valence-electron chi connectivity index (χ2n) is 7.84. The van der Waals surface area contributed by atoms with Crippen LogP contribution < -0.4 is 9.64 Å². The van der Waals surface area contributed by atoms with Crippen LogP contribution >= 0.6 is 0 Å². The molecule has 0 amide bonds. The lowest BCUT2D eigenvalue weighted by atomic mass is 9.91. The van der Waals surface area contributed by atoms with Gasteiger partial charge in [-0.15, -0.1) is 0 Å². The Morgan fingerprint density at radius 3 is 2.48 bits per heavy atom. The van der Waals surface area contributed by atoms with Gasteiger partial charge in [-0.3, -0.25) is 0 Å². The fourth-order valence-electron chi connectivity index (χ4n) is 4.38. The second kappa shape index (κ2) is 10.7. The first-order chi connectivity index (χ1) is 16.2. The summed E-state index contributed by atoms with van der Waals surface area (Å²) in [7, 11) is 0. The van der Waals surface area contributed by atoms with Crippen molar-refractivity contribution in [2.75, 3.05) is 4.90 Å². The minimum absolute atomic E-state index is 0.158. The van der Waals surface area contributed by atoms with Crippen molar-refractivity contribution in [3.63, 3.8) is 0 Å². The summed E-state index contributed by atoms with van der Waals surface area (Å²) in [6.07, 6.45) is 9.30. The molecule has 3 aliphatic rings. The molecule has 0 saturated heterocycles. The maximum atomic E-state index is 15.1. The molecular formula is C28H28FNO3. The number of fused-ring (bicyclic) bond motifs is 2. The molecule has 1 atom stereocenters. The van der Waals surface area contributed by atoms with Crippen LogP contribution in [0.25, 0.3) is 11.1 Å². The van der Waals surface area contributed by atoms with E-state index >= 15 is 4.39 Å². The Labute approximate surface area is 194 Å². The minimum atomic E-state index is -0.232. The van der Waals surface area contributed by atoms with E-state index < -0.39 is 0 Å². The molecule has 5 heteroatoms. The summed E-state index contributed by atoms with van der Waals surface area (Å²) in [6, 6.07) is 16.4. The number of allylic oxidation sites excluding steroid dienone is 5. The molecule has 0 bridgehead atoms. The number of anilines is 1. The number of halogens is 1. The van der Waals surface area contributed by atoms with Gasteiger partial charge in [-0.05, 0) is 53.7 Å². The highest BCUT2D eigenvalue weighted by Gasteiger charge is 2.42. The molecule has 1 aliphatic carbocycles. The summed E-state index contributed by atoms with van der Waals surface area (Å²) in [5.74, 6) is 0.707. The summed E-state index contributed by atoms with van der Waals surface area (Å²) in [5.41, 5.74) is 6.48. The number of carbonyl (C=O) groups is 2. The third-order valence-corrected chi connectivity index (χ3v) is 5.93. The van der Waals surface area contributed by atoms with Crippen molar-refractivity contribution in [2.24, 2.45) is 5.92 Å². The van der Waals surface area contributed by atoms with Gasteiger partial charge in [0.2, 0.25) is 0 Å². The van der Waals surface area contributed by atoms with E-state index in [1.54, 1.807) is 0 Å². The molecule has 0 saturated carbocycles. The smallest absolute Gasteiger partial charge is 0.183 e. The second-order valence-corrected chi connectivity index (χ2v) is 7.84. The van der Waals surface area contributed by atoms with Gasteiger partial charge < -0.3 is 19.2 Å². The summed E-state index contributed by atoms with van der Waals surface area (Å²) in [4.78, 5) is 18.1. The molecule has 0 spiro atoms. The van der Waals surface area contributed by atoms with Gasteiger partial charge in [-0.2, -0.15) is 0 Å². The molecule has 2 heterocycles. The normalized spacial score (nSPS) is 17.8. The molecule has 2 aliphatic heterocycles. The number of ether oxygens (including phenoxy) is 1. The number of carbonyl (C=O) groups excluding carboxylic acids is 2. The fourth-order valence-corrected chi connectivity index (χ4v) is 4.38. The number of benzene rings is 2. The molecule has 1 unspecified atom stereocenters. The Balaban J connectivity index is 0.000000728. The molecule has 0 N–H and O–H groups in total. The van der Waals surface area contributed by atoms with Gasteiger partial charge >= 0.3 is 0 Å². The van der Waals surface area contributed by atoms with Crippen LogP contribution in [0.15, 0.2) is 95.3 Å². The van der Waals surface area contributed by atoms with Crippen molar-refractivity contribution in [1.82, 2.24) is 0 Å². The Bertz CT molecular complexity index is 1130. The van der Waals surface area contributed by atoms with Crippen LogP contribution in [-0.2, 0) is 9.59 Å². The Morgan fingerprint density at radius 1 is 1.06 bits per heavy atom.